The van der Waals surface area contributed by atoms with Crippen molar-refractivity contribution in [1.29, 1.82) is 0 Å². The average molecular weight is 366 g/mol. The molecule has 0 atom stereocenters. The van der Waals surface area contributed by atoms with Gasteiger partial charge in [0.1, 0.15) is 0 Å². The van der Waals surface area contributed by atoms with Gasteiger partial charge in [-0.05, 0) is 43.1 Å². The molecule has 0 bridgehead atoms. The zero-order valence-corrected chi connectivity index (χ0v) is 15.7. The molecule has 0 radical (unpaired) electrons. The Morgan fingerprint density at radius 1 is 1.11 bits per heavy atom. The number of carbonyl (C=O) groups is 1. The smallest absolute Gasteiger partial charge is 0.234 e. The molecule has 0 aromatic heterocycles. The number of nitrogens with one attached hydrogen (secondary N) is 1. The monoisotopic (exact) mass is 366 g/mol. The molecule has 1 amide bonds. The number of carbonyl (C=O) groups excluding carboxylic acids is 1. The molecule has 0 spiro atoms. The van der Waals surface area contributed by atoms with Crippen molar-refractivity contribution in [1.82, 2.24) is 10.2 Å². The Bertz CT molecular complexity index is 802. The van der Waals surface area contributed by atoms with Crippen molar-refractivity contribution in [3.05, 3.63) is 59.7 Å². The van der Waals surface area contributed by atoms with Crippen molar-refractivity contribution in [2.45, 2.75) is 31.2 Å². The van der Waals surface area contributed by atoms with Crippen LogP contribution >= 0.6 is 0 Å². The Kier molecular flexibility index (Phi) is 5.03. The van der Waals surface area contributed by atoms with E-state index in [1.165, 1.54) is 12.0 Å². The van der Waals surface area contributed by atoms with Gasteiger partial charge in [-0.15, -0.1) is 0 Å². The summed E-state index contributed by atoms with van der Waals surface area (Å²) in [6, 6.07) is 16.5. The lowest BCUT2D eigenvalue weighted by molar-refractivity contribution is -0.122. The van der Waals surface area contributed by atoms with Gasteiger partial charge in [0.2, 0.25) is 12.7 Å². The number of rotatable bonds is 7. The molecule has 2 aromatic rings. The average Bonchev–Trinajstić information content (AvgIpc) is 3.09. The fourth-order valence-electron chi connectivity index (χ4n) is 3.94. The number of nitrogens with zero attached hydrogens (tertiary/aromatic N) is 1. The summed E-state index contributed by atoms with van der Waals surface area (Å²) in [5, 5.41) is 3.16. The second kappa shape index (κ2) is 7.61. The van der Waals surface area contributed by atoms with E-state index < -0.39 is 0 Å². The van der Waals surface area contributed by atoms with E-state index in [1.54, 1.807) is 0 Å². The molecule has 27 heavy (non-hydrogen) atoms. The zero-order chi connectivity index (χ0) is 18.7. The zero-order valence-electron chi connectivity index (χ0n) is 15.7. The van der Waals surface area contributed by atoms with Crippen molar-refractivity contribution >= 4 is 5.91 Å². The summed E-state index contributed by atoms with van der Waals surface area (Å²) in [5.74, 6) is 1.63. The Morgan fingerprint density at radius 3 is 2.63 bits per heavy atom. The van der Waals surface area contributed by atoms with Gasteiger partial charge in [-0.25, -0.2) is 0 Å². The van der Waals surface area contributed by atoms with Gasteiger partial charge in [0.05, 0.1) is 6.54 Å². The van der Waals surface area contributed by atoms with Crippen LogP contribution < -0.4 is 14.8 Å². The number of amides is 1. The fourth-order valence-corrected chi connectivity index (χ4v) is 3.94. The van der Waals surface area contributed by atoms with Gasteiger partial charge in [-0.2, -0.15) is 0 Å². The molecule has 5 nitrogen and oxygen atoms in total. The highest BCUT2D eigenvalue weighted by Gasteiger charge is 2.38. The summed E-state index contributed by atoms with van der Waals surface area (Å²) in [6.45, 7) is 2.06. The summed E-state index contributed by atoms with van der Waals surface area (Å²) in [5.41, 5.74) is 2.56. The molecule has 1 N–H and O–H groups in total. The molecule has 5 heteroatoms. The molecule has 2 aliphatic rings. The van der Waals surface area contributed by atoms with Crippen LogP contribution in [0.1, 0.15) is 30.4 Å². The van der Waals surface area contributed by atoms with Crippen LogP contribution in [0.3, 0.4) is 0 Å². The normalized spacial score (nSPS) is 16.8. The van der Waals surface area contributed by atoms with Crippen molar-refractivity contribution in [3.63, 3.8) is 0 Å². The van der Waals surface area contributed by atoms with E-state index >= 15 is 0 Å². The van der Waals surface area contributed by atoms with Crippen LogP contribution in [0.15, 0.2) is 48.5 Å². The van der Waals surface area contributed by atoms with Gasteiger partial charge in [0.15, 0.2) is 11.5 Å². The predicted octanol–water partition coefficient (Wildman–Crippen LogP) is 3.09. The largest absolute Gasteiger partial charge is 0.454 e. The lowest BCUT2D eigenvalue weighted by Crippen LogP contribution is -2.47. The molecule has 1 heterocycles. The molecule has 1 aliphatic carbocycles. The molecule has 142 valence electrons. The first-order chi connectivity index (χ1) is 13.1. The topological polar surface area (TPSA) is 50.8 Å². The molecule has 1 aliphatic heterocycles. The number of likely N-dealkylation sites (N-methyl/N-ethyl adjacent to an activating group) is 1. The van der Waals surface area contributed by atoms with E-state index in [0.29, 0.717) is 19.6 Å². The van der Waals surface area contributed by atoms with Crippen LogP contribution in [0.4, 0.5) is 0 Å². The third-order valence-corrected chi connectivity index (χ3v) is 5.62. The van der Waals surface area contributed by atoms with Crippen LogP contribution in [-0.2, 0) is 16.8 Å². The number of fused-ring (bicyclic) bond motifs is 1. The number of ether oxygens (including phenoxy) is 2. The quantitative estimate of drug-likeness (QED) is 0.818. The third kappa shape index (κ3) is 3.93. The minimum absolute atomic E-state index is 0.0699. The highest BCUT2D eigenvalue weighted by Crippen LogP contribution is 2.43. The summed E-state index contributed by atoms with van der Waals surface area (Å²) < 4.78 is 10.8. The molecule has 2 aromatic carbocycles. The van der Waals surface area contributed by atoms with E-state index in [2.05, 4.69) is 29.6 Å². The first-order valence-corrected chi connectivity index (χ1v) is 9.54. The van der Waals surface area contributed by atoms with Crippen molar-refractivity contribution in [2.24, 2.45) is 0 Å². The summed E-state index contributed by atoms with van der Waals surface area (Å²) in [7, 11) is 1.96. The Morgan fingerprint density at radius 2 is 1.89 bits per heavy atom. The van der Waals surface area contributed by atoms with Gasteiger partial charge in [-0.3, -0.25) is 9.69 Å². The lowest BCUT2D eigenvalue weighted by atomic mass is 9.64. The Balaban J connectivity index is 1.29. The molecule has 0 saturated heterocycles. The van der Waals surface area contributed by atoms with Crippen molar-refractivity contribution < 1.29 is 14.3 Å². The summed E-state index contributed by atoms with van der Waals surface area (Å²) >= 11 is 0. The molecule has 4 rings (SSSR count). The molecular weight excluding hydrogens is 340 g/mol. The van der Waals surface area contributed by atoms with Crippen LogP contribution in [0.2, 0.25) is 0 Å². The third-order valence-electron chi connectivity index (χ3n) is 5.62. The van der Waals surface area contributed by atoms with Crippen molar-refractivity contribution in [3.8, 4) is 11.5 Å². The highest BCUT2D eigenvalue weighted by atomic mass is 16.7. The first kappa shape index (κ1) is 17.9. The van der Waals surface area contributed by atoms with Crippen molar-refractivity contribution in [2.75, 3.05) is 26.9 Å². The minimum atomic E-state index is 0.0699. The van der Waals surface area contributed by atoms with Crippen LogP contribution in [0, 0.1) is 0 Å². The standard InChI is InChI=1S/C22H26N2O3/c1-24(13-17-8-9-19-20(12-17)27-16-26-19)14-21(25)23-15-22(10-5-11-22)18-6-3-2-4-7-18/h2-4,6-9,12H,5,10-11,13-16H2,1H3,(H,23,25). The van der Waals surface area contributed by atoms with E-state index in [0.717, 1.165) is 29.9 Å². The number of benzene rings is 2. The van der Waals surface area contributed by atoms with E-state index in [4.69, 9.17) is 9.47 Å². The Labute approximate surface area is 160 Å². The van der Waals surface area contributed by atoms with Crippen LogP contribution in [0.5, 0.6) is 11.5 Å². The second-order valence-corrected chi connectivity index (χ2v) is 7.64. The maximum absolute atomic E-state index is 12.5. The van der Waals surface area contributed by atoms with Gasteiger partial charge in [0, 0.05) is 18.5 Å². The molecular formula is C22H26N2O3. The summed E-state index contributed by atoms with van der Waals surface area (Å²) in [4.78, 5) is 14.5. The van der Waals surface area contributed by atoms with E-state index in [9.17, 15) is 4.79 Å². The number of hydrogen-bond donors (Lipinski definition) is 1. The minimum Gasteiger partial charge on any atom is -0.454 e. The van der Waals surface area contributed by atoms with Crippen LogP contribution in [0.25, 0.3) is 0 Å². The first-order valence-electron chi connectivity index (χ1n) is 9.54. The predicted molar refractivity (Wildman–Crippen MR) is 104 cm³/mol. The van der Waals surface area contributed by atoms with E-state index in [-0.39, 0.29) is 18.1 Å². The molecule has 1 fully saturated rings. The second-order valence-electron chi connectivity index (χ2n) is 7.64. The SMILES string of the molecule is CN(CC(=O)NCC1(c2ccccc2)CCC1)Cc1ccc2c(c1)OCO2. The fraction of sp³-hybridized carbons (Fsp3) is 0.409. The van der Waals surface area contributed by atoms with Gasteiger partial charge in [-0.1, -0.05) is 42.8 Å². The van der Waals surface area contributed by atoms with Crippen LogP contribution in [-0.4, -0.2) is 37.7 Å². The van der Waals surface area contributed by atoms with E-state index in [1.807, 2.05) is 36.2 Å². The summed E-state index contributed by atoms with van der Waals surface area (Å²) in [6.07, 6.45) is 3.52. The Hall–Kier alpha value is -2.53. The maximum Gasteiger partial charge on any atom is 0.234 e. The maximum atomic E-state index is 12.5. The highest BCUT2D eigenvalue weighted by molar-refractivity contribution is 5.78. The van der Waals surface area contributed by atoms with Gasteiger partial charge in [0.25, 0.3) is 0 Å². The molecule has 0 unspecified atom stereocenters. The molecule has 1 saturated carbocycles. The van der Waals surface area contributed by atoms with Gasteiger partial charge >= 0.3 is 0 Å². The van der Waals surface area contributed by atoms with Gasteiger partial charge < -0.3 is 14.8 Å². The number of hydrogen-bond acceptors (Lipinski definition) is 4. The lowest BCUT2D eigenvalue weighted by Gasteiger charge is -2.42.